The molecule has 0 fully saturated rings. The van der Waals surface area contributed by atoms with E-state index in [2.05, 4.69) is 0 Å². The maximum Gasteiger partial charge on any atom is 1.00 e. The number of hydrogen-bond acceptors (Lipinski definition) is 3. The first kappa shape index (κ1) is 9.07. The molecule has 0 atom stereocenters. The van der Waals surface area contributed by atoms with Crippen LogP contribution in [0.4, 0.5) is 0 Å². The van der Waals surface area contributed by atoms with Crippen molar-refractivity contribution in [3.8, 4) is 0 Å². The first-order valence-electron chi connectivity index (χ1n) is 0.548. The Balaban J connectivity index is 0. The van der Waals surface area contributed by atoms with Crippen molar-refractivity contribution in [3.05, 3.63) is 0 Å². The van der Waals surface area contributed by atoms with E-state index in [0.29, 0.717) is 0 Å². The van der Waals surface area contributed by atoms with E-state index < -0.39 is 7.91 Å². The monoisotopic (exact) mass is 86.0 g/mol. The van der Waals surface area contributed by atoms with Gasteiger partial charge in [0.1, 0.15) is 0 Å². The summed E-state index contributed by atoms with van der Waals surface area (Å²) in [5.41, 5.74) is 0. The van der Waals surface area contributed by atoms with Gasteiger partial charge in [-0.25, -0.2) is 0 Å². The van der Waals surface area contributed by atoms with E-state index in [0.717, 1.165) is 0 Å². The fourth-order valence-electron chi connectivity index (χ4n) is 0. The molecule has 0 aromatic rings. The normalized spacial score (nSPS) is 5.00. The van der Waals surface area contributed by atoms with Gasteiger partial charge in [-0.15, -0.1) is 0 Å². The molecule has 0 aliphatic carbocycles. The molecule has 24 valence electrons. The summed E-state index contributed by atoms with van der Waals surface area (Å²) in [7, 11) is -3.37. The molecule has 0 heterocycles. The Morgan fingerprint density at radius 3 is 1.40 bits per heavy atom. The van der Waals surface area contributed by atoms with Crippen LogP contribution < -0.4 is 23.8 Å². The van der Waals surface area contributed by atoms with Crippen molar-refractivity contribution < 1.29 is 32.9 Å². The first-order chi connectivity index (χ1) is 1.73. The van der Waals surface area contributed by atoms with Crippen LogP contribution in [0.3, 0.4) is 0 Å². The van der Waals surface area contributed by atoms with Crippen molar-refractivity contribution >= 4 is 7.91 Å². The zero-order valence-corrected chi connectivity index (χ0v) is 3.57. The zero-order chi connectivity index (χ0) is 3.58. The summed E-state index contributed by atoms with van der Waals surface area (Å²) in [5.74, 6) is 0. The van der Waals surface area contributed by atoms with E-state index in [-0.39, 0.29) is 18.9 Å². The molecule has 0 aliphatic rings. The smallest absolute Gasteiger partial charge is 0.744 e. The van der Waals surface area contributed by atoms with Gasteiger partial charge in [0, 0.05) is 0 Å². The molecule has 0 spiro atoms. The van der Waals surface area contributed by atoms with Crippen LogP contribution in [0.15, 0.2) is 0 Å². The molecular formula is LiO3P. The van der Waals surface area contributed by atoms with Gasteiger partial charge in [0.2, 0.25) is 7.91 Å². The van der Waals surface area contributed by atoms with Crippen LogP contribution in [0.1, 0.15) is 0 Å². The third-order valence-corrected chi connectivity index (χ3v) is 0. The van der Waals surface area contributed by atoms with Gasteiger partial charge in [-0.05, 0) is 0 Å². The van der Waals surface area contributed by atoms with Crippen molar-refractivity contribution in [2.45, 2.75) is 0 Å². The van der Waals surface area contributed by atoms with Gasteiger partial charge in [-0.1, -0.05) is 0 Å². The SMILES string of the molecule is O=P(=O)[O-].[Li+]. The Labute approximate surface area is 41.5 Å². The zero-order valence-electron chi connectivity index (χ0n) is 2.67. The quantitative estimate of drug-likeness (QED) is 0.226. The average Bonchev–Trinajstić information content (AvgIpc) is 0.811. The average molecular weight is 85.9 g/mol. The minimum Gasteiger partial charge on any atom is -0.744 e. The molecule has 5 heteroatoms. The van der Waals surface area contributed by atoms with Crippen molar-refractivity contribution in [1.82, 2.24) is 0 Å². The molecule has 0 radical (unpaired) electrons. The summed E-state index contributed by atoms with van der Waals surface area (Å²) in [6.07, 6.45) is 0. The fourth-order valence-corrected chi connectivity index (χ4v) is 0. The molecule has 3 nitrogen and oxygen atoms in total. The van der Waals surface area contributed by atoms with Crippen molar-refractivity contribution in [2.24, 2.45) is 0 Å². The number of rotatable bonds is 0. The van der Waals surface area contributed by atoms with E-state index in [1.54, 1.807) is 0 Å². The topological polar surface area (TPSA) is 57.2 Å². The van der Waals surface area contributed by atoms with Crippen LogP contribution in [0.25, 0.3) is 0 Å². The van der Waals surface area contributed by atoms with Gasteiger partial charge < -0.3 is 4.89 Å². The van der Waals surface area contributed by atoms with Gasteiger partial charge in [-0.3, -0.25) is 9.13 Å². The second-order valence-electron chi connectivity index (χ2n) is 0.224. The third-order valence-electron chi connectivity index (χ3n) is 0. The van der Waals surface area contributed by atoms with E-state index in [9.17, 15) is 0 Å². The molecule has 0 saturated heterocycles. The maximum absolute atomic E-state index is 8.48. The molecule has 0 amide bonds. The van der Waals surface area contributed by atoms with Crippen LogP contribution >= 0.6 is 7.91 Å². The molecule has 0 rings (SSSR count). The van der Waals surface area contributed by atoms with E-state index in [4.69, 9.17) is 14.0 Å². The second-order valence-corrected chi connectivity index (χ2v) is 0.671. The summed E-state index contributed by atoms with van der Waals surface area (Å²) in [5, 5.41) is 0. The Bertz CT molecular complexity index is 55.3. The summed E-state index contributed by atoms with van der Waals surface area (Å²) in [4.78, 5) is 8.48. The van der Waals surface area contributed by atoms with Crippen molar-refractivity contribution in [1.29, 1.82) is 0 Å². The molecular weight excluding hydrogens is 85.9 g/mol. The Morgan fingerprint density at radius 1 is 1.40 bits per heavy atom. The van der Waals surface area contributed by atoms with Crippen molar-refractivity contribution in [2.75, 3.05) is 0 Å². The third kappa shape index (κ3) is 129. The van der Waals surface area contributed by atoms with Crippen molar-refractivity contribution in [3.63, 3.8) is 0 Å². The van der Waals surface area contributed by atoms with Crippen LogP contribution in [0, 0.1) is 0 Å². The number of hydrogen-bond donors (Lipinski definition) is 0. The molecule has 0 saturated carbocycles. The fraction of sp³-hybridized carbons (Fsp3) is 0. The van der Waals surface area contributed by atoms with Crippen LogP contribution in [0.2, 0.25) is 0 Å². The Morgan fingerprint density at radius 2 is 1.40 bits per heavy atom. The maximum atomic E-state index is 8.48. The first-order valence-corrected chi connectivity index (χ1v) is 1.64. The van der Waals surface area contributed by atoms with E-state index in [1.807, 2.05) is 0 Å². The largest absolute Gasteiger partial charge is 1.00 e. The van der Waals surface area contributed by atoms with Gasteiger partial charge in [-0.2, -0.15) is 0 Å². The summed E-state index contributed by atoms with van der Waals surface area (Å²) in [6.45, 7) is 0. The molecule has 0 aromatic heterocycles. The summed E-state index contributed by atoms with van der Waals surface area (Å²) >= 11 is 0. The predicted octanol–water partition coefficient (Wildman–Crippen LogP) is -3.56. The van der Waals surface area contributed by atoms with Gasteiger partial charge in [0.15, 0.2) is 0 Å². The molecule has 0 bridgehead atoms. The van der Waals surface area contributed by atoms with Gasteiger partial charge in [0.25, 0.3) is 0 Å². The van der Waals surface area contributed by atoms with Gasteiger partial charge >= 0.3 is 18.9 Å². The molecule has 0 aliphatic heterocycles. The Hall–Kier alpha value is 0.457. The molecule has 0 unspecified atom stereocenters. The minimum absolute atomic E-state index is 0. The molecule has 5 heavy (non-hydrogen) atoms. The summed E-state index contributed by atoms with van der Waals surface area (Å²) in [6, 6.07) is 0. The van der Waals surface area contributed by atoms with Crippen LogP contribution in [-0.2, 0) is 9.13 Å². The molecule has 0 N–H and O–H groups in total. The predicted molar refractivity (Wildman–Crippen MR) is 8.29 cm³/mol. The second kappa shape index (κ2) is 4.46. The summed E-state index contributed by atoms with van der Waals surface area (Å²) < 4.78 is 17.0. The molecule has 0 aromatic carbocycles. The standard InChI is InChI=1S/Li.HO3P/c;1-4(2)3/h;(H,1,2,3)/q+1;/p-1. The van der Waals surface area contributed by atoms with Crippen LogP contribution in [0.5, 0.6) is 0 Å². The van der Waals surface area contributed by atoms with E-state index in [1.165, 1.54) is 0 Å². The van der Waals surface area contributed by atoms with Gasteiger partial charge in [0.05, 0.1) is 0 Å². The Kier molecular flexibility index (Phi) is 8.09. The van der Waals surface area contributed by atoms with Crippen LogP contribution in [-0.4, -0.2) is 0 Å². The van der Waals surface area contributed by atoms with E-state index >= 15 is 0 Å². The minimum atomic E-state index is -3.37.